The van der Waals surface area contributed by atoms with Gasteiger partial charge in [0.15, 0.2) is 23.4 Å². The number of aryl methyl sites for hydroxylation is 1. The number of hydrogen-bond acceptors (Lipinski definition) is 4. The van der Waals surface area contributed by atoms with Gasteiger partial charge in [0.25, 0.3) is 0 Å². The van der Waals surface area contributed by atoms with Crippen LogP contribution in [0.15, 0.2) is 29.3 Å². The van der Waals surface area contributed by atoms with Gasteiger partial charge in [0, 0.05) is 20.0 Å². The van der Waals surface area contributed by atoms with Crippen molar-refractivity contribution >= 4 is 5.96 Å². The Morgan fingerprint density at radius 3 is 2.93 bits per heavy atom. The lowest BCUT2D eigenvalue weighted by Gasteiger charge is -2.18. The second-order valence-corrected chi connectivity index (χ2v) is 6.66. The second kappa shape index (κ2) is 9.34. The number of nitrogens with zero attached hydrogens (tertiary/aromatic N) is 4. The summed E-state index contributed by atoms with van der Waals surface area (Å²) in [5.74, 6) is 2.52. The molecule has 0 amide bonds. The Hall–Kier alpha value is -2.64. The maximum atomic E-state index is 13.7. The largest absolute Gasteiger partial charge is 0.486 e. The highest BCUT2D eigenvalue weighted by atomic mass is 19.1. The van der Waals surface area contributed by atoms with Crippen LogP contribution >= 0.6 is 0 Å². The number of guanidine groups is 1. The van der Waals surface area contributed by atoms with Gasteiger partial charge in [0.2, 0.25) is 0 Å². The van der Waals surface area contributed by atoms with E-state index in [0.29, 0.717) is 19.0 Å². The highest BCUT2D eigenvalue weighted by Crippen LogP contribution is 2.17. The Kier molecular flexibility index (Phi) is 6.62. The van der Waals surface area contributed by atoms with Crippen LogP contribution in [-0.4, -0.2) is 40.4 Å². The summed E-state index contributed by atoms with van der Waals surface area (Å²) >= 11 is 0. The second-order valence-electron chi connectivity index (χ2n) is 6.66. The number of aromatic nitrogens is 3. The molecule has 1 aromatic carbocycles. The van der Waals surface area contributed by atoms with Crippen molar-refractivity contribution in [1.29, 1.82) is 0 Å². The van der Waals surface area contributed by atoms with Crippen molar-refractivity contribution in [2.45, 2.75) is 51.8 Å². The van der Waals surface area contributed by atoms with Gasteiger partial charge in [0.05, 0.1) is 13.1 Å². The fraction of sp³-hybridized carbons (Fsp3) is 0.526. The van der Waals surface area contributed by atoms with E-state index in [2.05, 4.69) is 30.4 Å². The lowest BCUT2D eigenvalue weighted by Crippen LogP contribution is -2.41. The highest BCUT2D eigenvalue weighted by Gasteiger charge is 2.15. The van der Waals surface area contributed by atoms with Crippen molar-refractivity contribution in [3.05, 3.63) is 41.7 Å². The molecule has 2 N–H and O–H groups in total. The van der Waals surface area contributed by atoms with Gasteiger partial charge in [-0.15, -0.1) is 10.2 Å². The summed E-state index contributed by atoms with van der Waals surface area (Å²) < 4.78 is 21.5. The van der Waals surface area contributed by atoms with E-state index in [0.717, 1.165) is 31.0 Å². The van der Waals surface area contributed by atoms with E-state index in [4.69, 9.17) is 4.74 Å². The molecule has 1 aliphatic heterocycles. The zero-order valence-electron chi connectivity index (χ0n) is 15.9. The molecule has 1 aliphatic rings. The number of benzene rings is 1. The molecule has 1 aromatic heterocycles. The minimum Gasteiger partial charge on any atom is -0.486 e. The first-order chi connectivity index (χ1) is 13.2. The van der Waals surface area contributed by atoms with Crippen molar-refractivity contribution < 1.29 is 9.13 Å². The molecule has 2 heterocycles. The molecule has 2 aromatic rings. The van der Waals surface area contributed by atoms with E-state index in [1.54, 1.807) is 25.2 Å². The van der Waals surface area contributed by atoms with Crippen LogP contribution in [0.5, 0.6) is 5.75 Å². The van der Waals surface area contributed by atoms with Crippen LogP contribution in [0.2, 0.25) is 0 Å². The molecule has 0 aliphatic carbocycles. The highest BCUT2D eigenvalue weighted by molar-refractivity contribution is 5.79. The van der Waals surface area contributed by atoms with Crippen LogP contribution in [0.3, 0.4) is 0 Å². The average molecular weight is 374 g/mol. The first kappa shape index (κ1) is 19.1. The summed E-state index contributed by atoms with van der Waals surface area (Å²) in [6, 6.07) is 6.40. The van der Waals surface area contributed by atoms with Crippen molar-refractivity contribution in [3.8, 4) is 5.75 Å². The summed E-state index contributed by atoms with van der Waals surface area (Å²) in [6.07, 6.45) is 4.35. The van der Waals surface area contributed by atoms with Crippen molar-refractivity contribution in [2.24, 2.45) is 4.99 Å². The lowest BCUT2D eigenvalue weighted by atomic mass is 10.2. The fourth-order valence-corrected chi connectivity index (χ4v) is 3.10. The van der Waals surface area contributed by atoms with Crippen LogP contribution in [-0.2, 0) is 19.5 Å². The monoisotopic (exact) mass is 374 g/mol. The molecule has 0 bridgehead atoms. The molecule has 8 heteroatoms. The summed E-state index contributed by atoms with van der Waals surface area (Å²) in [7, 11) is 1.71. The third-order valence-corrected chi connectivity index (χ3v) is 4.55. The van der Waals surface area contributed by atoms with E-state index in [1.807, 2.05) is 6.92 Å². The zero-order chi connectivity index (χ0) is 19.1. The van der Waals surface area contributed by atoms with Crippen LogP contribution in [0.4, 0.5) is 4.39 Å². The molecule has 27 heavy (non-hydrogen) atoms. The first-order valence-electron chi connectivity index (χ1n) is 9.44. The molecular formula is C19H27FN6O. The zero-order valence-corrected chi connectivity index (χ0v) is 15.9. The van der Waals surface area contributed by atoms with E-state index in [1.165, 1.54) is 18.9 Å². The molecule has 0 fully saturated rings. The number of fused-ring (bicyclic) bond motifs is 1. The van der Waals surface area contributed by atoms with Crippen molar-refractivity contribution in [3.63, 3.8) is 0 Å². The van der Waals surface area contributed by atoms with Crippen LogP contribution in [0.1, 0.15) is 37.8 Å². The molecule has 0 spiro atoms. The lowest BCUT2D eigenvalue weighted by molar-refractivity contribution is 0.214. The smallest absolute Gasteiger partial charge is 0.191 e. The Bertz CT molecular complexity index is 775. The standard InChI is InChI=1S/C19H27FN6O/c1-14(27-16-9-6-5-8-15(16)20)12-22-19(21-2)23-13-18-25-24-17-10-4-3-7-11-26(17)18/h5-6,8-9,14H,3-4,7,10-13H2,1-2H3,(H2,21,22,23). The normalized spacial score (nSPS) is 15.6. The number of para-hydroxylation sites is 1. The van der Waals surface area contributed by atoms with Gasteiger partial charge in [-0.25, -0.2) is 4.39 Å². The summed E-state index contributed by atoms with van der Waals surface area (Å²) in [4.78, 5) is 4.22. The minimum absolute atomic E-state index is 0.218. The van der Waals surface area contributed by atoms with Gasteiger partial charge in [-0.05, 0) is 31.9 Å². The molecule has 0 saturated carbocycles. The fourth-order valence-electron chi connectivity index (χ4n) is 3.10. The summed E-state index contributed by atoms with van der Waals surface area (Å²) in [5, 5.41) is 15.1. The molecule has 1 atom stereocenters. The Morgan fingerprint density at radius 2 is 2.11 bits per heavy atom. The number of nitrogens with one attached hydrogen (secondary N) is 2. The number of aliphatic imine (C=N–C) groups is 1. The quantitative estimate of drug-likeness (QED) is 0.599. The van der Waals surface area contributed by atoms with Gasteiger partial charge in [0.1, 0.15) is 11.9 Å². The predicted octanol–water partition coefficient (Wildman–Crippen LogP) is 2.28. The number of halogens is 1. The van der Waals surface area contributed by atoms with Crippen molar-refractivity contribution in [1.82, 2.24) is 25.4 Å². The number of hydrogen-bond donors (Lipinski definition) is 2. The number of ether oxygens (including phenoxy) is 1. The third-order valence-electron chi connectivity index (χ3n) is 4.55. The molecule has 0 saturated heterocycles. The first-order valence-corrected chi connectivity index (χ1v) is 9.44. The van der Waals surface area contributed by atoms with Gasteiger partial charge < -0.3 is 19.9 Å². The van der Waals surface area contributed by atoms with Gasteiger partial charge in [-0.1, -0.05) is 18.6 Å². The topological polar surface area (TPSA) is 76.4 Å². The minimum atomic E-state index is -0.362. The van der Waals surface area contributed by atoms with Gasteiger partial charge >= 0.3 is 0 Å². The van der Waals surface area contributed by atoms with Crippen molar-refractivity contribution in [2.75, 3.05) is 13.6 Å². The SMILES string of the molecule is CN=C(NCc1nnc2n1CCCCC2)NCC(C)Oc1ccccc1F. The van der Waals surface area contributed by atoms with E-state index in [-0.39, 0.29) is 17.7 Å². The van der Waals surface area contributed by atoms with Crippen LogP contribution in [0.25, 0.3) is 0 Å². The molecule has 3 rings (SSSR count). The van der Waals surface area contributed by atoms with Gasteiger partial charge in [-0.2, -0.15) is 0 Å². The Balaban J connectivity index is 1.48. The third kappa shape index (κ3) is 5.18. The number of rotatable bonds is 6. The van der Waals surface area contributed by atoms with Crippen LogP contribution in [0, 0.1) is 5.82 Å². The van der Waals surface area contributed by atoms with Crippen LogP contribution < -0.4 is 15.4 Å². The summed E-state index contributed by atoms with van der Waals surface area (Å²) in [6.45, 7) is 3.89. The van der Waals surface area contributed by atoms with E-state index >= 15 is 0 Å². The van der Waals surface area contributed by atoms with Gasteiger partial charge in [-0.3, -0.25) is 4.99 Å². The molecule has 0 radical (unpaired) electrons. The Morgan fingerprint density at radius 1 is 1.26 bits per heavy atom. The average Bonchev–Trinajstić information content (AvgIpc) is 2.90. The summed E-state index contributed by atoms with van der Waals surface area (Å²) in [5.41, 5.74) is 0. The van der Waals surface area contributed by atoms with E-state index in [9.17, 15) is 4.39 Å². The Labute approximate surface area is 159 Å². The molecule has 146 valence electrons. The predicted molar refractivity (Wildman–Crippen MR) is 102 cm³/mol. The van der Waals surface area contributed by atoms with E-state index < -0.39 is 0 Å². The molecule has 1 unspecified atom stereocenters. The molecule has 7 nitrogen and oxygen atoms in total. The maximum absolute atomic E-state index is 13.7. The maximum Gasteiger partial charge on any atom is 0.191 e. The molecular weight excluding hydrogens is 347 g/mol.